The van der Waals surface area contributed by atoms with Gasteiger partial charge in [-0.15, -0.1) is 0 Å². The van der Waals surface area contributed by atoms with Crippen LogP contribution in [0.5, 0.6) is 0 Å². The summed E-state index contributed by atoms with van der Waals surface area (Å²) < 4.78 is 0. The molecule has 0 saturated heterocycles. The molecule has 0 bridgehead atoms. The molecule has 2 N–H and O–H groups in total. The van der Waals surface area contributed by atoms with Crippen molar-refractivity contribution in [3.05, 3.63) is 58.1 Å². The third kappa shape index (κ3) is 4.86. The van der Waals surface area contributed by atoms with Gasteiger partial charge in [0, 0.05) is 29.7 Å². The second-order valence-electron chi connectivity index (χ2n) is 5.79. The summed E-state index contributed by atoms with van der Waals surface area (Å²) in [5.41, 5.74) is 1.88. The highest BCUT2D eigenvalue weighted by Crippen LogP contribution is 2.27. The first-order valence-corrected chi connectivity index (χ1v) is 8.73. The number of amides is 2. The third-order valence-corrected chi connectivity index (χ3v) is 4.43. The van der Waals surface area contributed by atoms with Crippen LogP contribution in [0, 0.1) is 0 Å². The van der Waals surface area contributed by atoms with Crippen molar-refractivity contribution in [2.24, 2.45) is 0 Å². The molecule has 0 spiro atoms. The van der Waals surface area contributed by atoms with Gasteiger partial charge in [-0.2, -0.15) is 0 Å². The lowest BCUT2D eigenvalue weighted by molar-refractivity contribution is -0.135. The summed E-state index contributed by atoms with van der Waals surface area (Å²) in [5, 5.41) is 12.4. The summed E-state index contributed by atoms with van der Waals surface area (Å²) >= 11 is 12.0. The highest BCUT2D eigenvalue weighted by atomic mass is 35.5. The number of aliphatic hydroxyl groups excluding tert-OH is 1. The van der Waals surface area contributed by atoms with Crippen LogP contribution in [-0.4, -0.2) is 54.3 Å². The number of carbonyl (C=O) groups excluding carboxylic acids is 3. The maximum absolute atomic E-state index is 12.7. The van der Waals surface area contributed by atoms with Gasteiger partial charge in [0.15, 0.2) is 11.8 Å². The SMILES string of the molecule is CNC(=O)C(C(=O)CO)N(C)C(=O)c1ccc(-c2cc(Cl)cc(Cl)c2)cc1. The van der Waals surface area contributed by atoms with Crippen LogP contribution in [0.15, 0.2) is 42.5 Å². The average molecular weight is 409 g/mol. The van der Waals surface area contributed by atoms with Gasteiger partial charge in [-0.3, -0.25) is 14.4 Å². The Morgan fingerprint density at radius 2 is 1.59 bits per heavy atom. The van der Waals surface area contributed by atoms with Gasteiger partial charge in [-0.05, 0) is 41.5 Å². The Bertz CT molecular complexity index is 832. The van der Waals surface area contributed by atoms with Gasteiger partial charge in [0.25, 0.3) is 5.91 Å². The van der Waals surface area contributed by atoms with Crippen LogP contribution in [0.3, 0.4) is 0 Å². The number of halogens is 2. The number of hydrogen-bond donors (Lipinski definition) is 2. The molecular formula is C19H18Cl2N2O4. The first-order valence-electron chi connectivity index (χ1n) is 7.97. The molecule has 27 heavy (non-hydrogen) atoms. The summed E-state index contributed by atoms with van der Waals surface area (Å²) in [7, 11) is 2.68. The standard InChI is InChI=1S/C19H18Cl2N2O4/c1-22-18(26)17(16(25)10-24)23(2)19(27)12-5-3-11(4-6-12)13-7-14(20)9-15(21)8-13/h3-9,17,24H,10H2,1-2H3,(H,22,26). The van der Waals surface area contributed by atoms with E-state index < -0.39 is 30.2 Å². The van der Waals surface area contributed by atoms with Crippen LogP contribution in [0.1, 0.15) is 10.4 Å². The molecule has 1 unspecified atom stereocenters. The van der Waals surface area contributed by atoms with Crippen LogP contribution in [0.25, 0.3) is 11.1 Å². The predicted octanol–water partition coefficient (Wildman–Crippen LogP) is 2.41. The van der Waals surface area contributed by atoms with Gasteiger partial charge in [-0.25, -0.2) is 0 Å². The normalized spacial score (nSPS) is 11.6. The van der Waals surface area contributed by atoms with E-state index in [9.17, 15) is 14.4 Å². The second kappa shape index (κ2) is 8.99. The Labute approximate surface area is 166 Å². The zero-order valence-corrected chi connectivity index (χ0v) is 16.2. The molecule has 0 aliphatic rings. The summed E-state index contributed by atoms with van der Waals surface area (Å²) in [6.45, 7) is -0.843. The number of likely N-dealkylation sites (N-methyl/N-ethyl adjacent to an activating group) is 2. The first-order chi connectivity index (χ1) is 12.8. The van der Waals surface area contributed by atoms with E-state index in [0.29, 0.717) is 10.0 Å². The van der Waals surface area contributed by atoms with Gasteiger partial charge in [0.2, 0.25) is 5.91 Å². The van der Waals surface area contributed by atoms with Crippen molar-refractivity contribution < 1.29 is 19.5 Å². The second-order valence-corrected chi connectivity index (χ2v) is 6.67. The monoisotopic (exact) mass is 408 g/mol. The van der Waals surface area contributed by atoms with Crippen LogP contribution in [-0.2, 0) is 9.59 Å². The molecule has 1 atom stereocenters. The molecular weight excluding hydrogens is 391 g/mol. The lowest BCUT2D eigenvalue weighted by atomic mass is 10.0. The summed E-state index contributed by atoms with van der Waals surface area (Å²) in [5.74, 6) is -1.97. The summed E-state index contributed by atoms with van der Waals surface area (Å²) in [6.07, 6.45) is 0. The molecule has 0 saturated carbocycles. The molecule has 2 rings (SSSR count). The van der Waals surface area contributed by atoms with Crippen molar-refractivity contribution in [3.8, 4) is 11.1 Å². The Balaban J connectivity index is 2.28. The number of nitrogens with zero attached hydrogens (tertiary/aromatic N) is 1. The van der Waals surface area contributed by atoms with Crippen molar-refractivity contribution in [3.63, 3.8) is 0 Å². The van der Waals surface area contributed by atoms with Crippen molar-refractivity contribution in [1.82, 2.24) is 10.2 Å². The minimum atomic E-state index is -1.40. The Hall–Kier alpha value is -2.41. The number of nitrogens with one attached hydrogen (secondary N) is 1. The van der Waals surface area contributed by atoms with Crippen molar-refractivity contribution >= 4 is 40.8 Å². The quantitative estimate of drug-likeness (QED) is 0.718. The number of ketones is 1. The average Bonchev–Trinajstić information content (AvgIpc) is 2.66. The van der Waals surface area contributed by atoms with E-state index in [4.69, 9.17) is 28.3 Å². The summed E-state index contributed by atoms with van der Waals surface area (Å²) in [4.78, 5) is 37.4. The van der Waals surface area contributed by atoms with Crippen LogP contribution < -0.4 is 5.32 Å². The number of carbonyl (C=O) groups is 3. The van der Waals surface area contributed by atoms with Crippen LogP contribution >= 0.6 is 23.2 Å². The van der Waals surface area contributed by atoms with Gasteiger partial charge in [-0.1, -0.05) is 35.3 Å². The fraction of sp³-hybridized carbons (Fsp3) is 0.211. The minimum Gasteiger partial charge on any atom is -0.388 e. The minimum absolute atomic E-state index is 0.286. The molecule has 0 aromatic heterocycles. The molecule has 0 radical (unpaired) electrons. The smallest absolute Gasteiger partial charge is 0.254 e. The highest BCUT2D eigenvalue weighted by Gasteiger charge is 2.32. The molecule has 0 aliphatic heterocycles. The number of aliphatic hydroxyl groups is 1. The third-order valence-electron chi connectivity index (χ3n) is 3.99. The van der Waals surface area contributed by atoms with Crippen LogP contribution in [0.2, 0.25) is 10.0 Å². The molecule has 6 nitrogen and oxygen atoms in total. The Morgan fingerprint density at radius 1 is 1.04 bits per heavy atom. The number of hydrogen-bond acceptors (Lipinski definition) is 4. The molecule has 2 aromatic rings. The molecule has 2 aromatic carbocycles. The topological polar surface area (TPSA) is 86.7 Å². The molecule has 2 amide bonds. The van der Waals surface area contributed by atoms with E-state index in [1.807, 2.05) is 0 Å². The Morgan fingerprint density at radius 3 is 2.07 bits per heavy atom. The van der Waals surface area contributed by atoms with E-state index in [1.165, 1.54) is 14.1 Å². The van der Waals surface area contributed by atoms with E-state index >= 15 is 0 Å². The van der Waals surface area contributed by atoms with E-state index in [-0.39, 0.29) is 5.56 Å². The lowest BCUT2D eigenvalue weighted by Crippen LogP contribution is -2.52. The fourth-order valence-corrected chi connectivity index (χ4v) is 3.13. The van der Waals surface area contributed by atoms with Crippen molar-refractivity contribution in [2.75, 3.05) is 20.7 Å². The predicted molar refractivity (Wildman–Crippen MR) is 104 cm³/mol. The first kappa shape index (κ1) is 20.9. The fourth-order valence-electron chi connectivity index (χ4n) is 2.61. The summed E-state index contributed by atoms with van der Waals surface area (Å²) in [6, 6.07) is 10.3. The number of benzene rings is 2. The zero-order valence-electron chi connectivity index (χ0n) is 14.7. The van der Waals surface area contributed by atoms with Gasteiger partial charge in [0.05, 0.1) is 0 Å². The van der Waals surface area contributed by atoms with E-state index in [2.05, 4.69) is 5.32 Å². The van der Waals surface area contributed by atoms with E-state index in [1.54, 1.807) is 42.5 Å². The molecule has 8 heteroatoms. The molecule has 0 aliphatic carbocycles. The number of rotatable bonds is 6. The van der Waals surface area contributed by atoms with Gasteiger partial charge < -0.3 is 15.3 Å². The van der Waals surface area contributed by atoms with Crippen LogP contribution in [0.4, 0.5) is 0 Å². The van der Waals surface area contributed by atoms with Crippen molar-refractivity contribution in [2.45, 2.75) is 6.04 Å². The van der Waals surface area contributed by atoms with Crippen molar-refractivity contribution in [1.29, 1.82) is 0 Å². The van der Waals surface area contributed by atoms with E-state index in [0.717, 1.165) is 16.0 Å². The highest BCUT2D eigenvalue weighted by molar-refractivity contribution is 6.35. The lowest BCUT2D eigenvalue weighted by Gasteiger charge is -2.25. The van der Waals surface area contributed by atoms with Gasteiger partial charge in [0.1, 0.15) is 6.61 Å². The maximum Gasteiger partial charge on any atom is 0.254 e. The largest absolute Gasteiger partial charge is 0.388 e. The van der Waals surface area contributed by atoms with Gasteiger partial charge >= 0.3 is 0 Å². The molecule has 0 fully saturated rings. The zero-order chi connectivity index (χ0) is 20.1. The number of Topliss-reactive ketones (excluding diaryl/α,β-unsaturated/α-hetero) is 1. The molecule has 0 heterocycles. The molecule has 142 valence electrons. The maximum atomic E-state index is 12.7. The Kier molecular flexibility index (Phi) is 6.96.